The number of nitrogens with one attached hydrogen (secondary N) is 2. The number of carbonyl (C=O) groups excluding carboxylic acids is 1. The molecule has 138 valence electrons. The van der Waals surface area contributed by atoms with Crippen LogP contribution >= 0.6 is 11.6 Å². The standard InChI is InChI=1S/C18H21ClN4O3/c1-11-7-12(2)22-17(24)14(11)10-21-16-15(19)8-13(9-20-16)18(25)23-3-5-26-6-4-23/h7-9H,3-6,10H2,1-2H3,(H,20,21)(H,22,24). The SMILES string of the molecule is Cc1cc(C)c(CNc2ncc(C(=O)N3CCOCC3)cc2Cl)c(=O)[nH]1. The van der Waals surface area contributed by atoms with Crippen LogP contribution < -0.4 is 10.9 Å². The molecule has 0 radical (unpaired) electrons. The summed E-state index contributed by atoms with van der Waals surface area (Å²) in [7, 11) is 0. The Kier molecular flexibility index (Phi) is 5.58. The first kappa shape index (κ1) is 18.4. The van der Waals surface area contributed by atoms with E-state index in [1.807, 2.05) is 19.9 Å². The molecule has 2 aromatic rings. The summed E-state index contributed by atoms with van der Waals surface area (Å²) in [5, 5.41) is 3.41. The maximum absolute atomic E-state index is 12.5. The highest BCUT2D eigenvalue weighted by Crippen LogP contribution is 2.22. The monoisotopic (exact) mass is 376 g/mol. The van der Waals surface area contributed by atoms with Gasteiger partial charge in [0.25, 0.3) is 11.5 Å². The second kappa shape index (κ2) is 7.88. The number of anilines is 1. The van der Waals surface area contributed by atoms with Gasteiger partial charge in [-0.05, 0) is 31.5 Å². The van der Waals surface area contributed by atoms with Gasteiger partial charge in [0.2, 0.25) is 0 Å². The highest BCUT2D eigenvalue weighted by atomic mass is 35.5. The van der Waals surface area contributed by atoms with Crippen LogP contribution in [0.15, 0.2) is 23.1 Å². The van der Waals surface area contributed by atoms with Gasteiger partial charge in [-0.3, -0.25) is 9.59 Å². The fraction of sp³-hybridized carbons (Fsp3) is 0.389. The second-order valence-corrected chi connectivity index (χ2v) is 6.66. The van der Waals surface area contributed by atoms with Crippen molar-refractivity contribution in [3.8, 4) is 0 Å². The number of morpholine rings is 1. The Morgan fingerprint density at radius 1 is 1.35 bits per heavy atom. The zero-order valence-corrected chi connectivity index (χ0v) is 15.5. The van der Waals surface area contributed by atoms with Crippen molar-refractivity contribution in [1.82, 2.24) is 14.9 Å². The Morgan fingerprint density at radius 2 is 2.08 bits per heavy atom. The fourth-order valence-corrected chi connectivity index (χ4v) is 3.14. The summed E-state index contributed by atoms with van der Waals surface area (Å²) in [6.45, 7) is 6.23. The first-order valence-electron chi connectivity index (χ1n) is 8.41. The zero-order chi connectivity index (χ0) is 18.7. The van der Waals surface area contributed by atoms with Gasteiger partial charge in [0.15, 0.2) is 0 Å². The van der Waals surface area contributed by atoms with Crippen molar-refractivity contribution in [2.24, 2.45) is 0 Å². The molecule has 3 heterocycles. The summed E-state index contributed by atoms with van der Waals surface area (Å²) in [5.41, 5.74) is 2.64. The molecule has 2 aromatic heterocycles. The van der Waals surface area contributed by atoms with E-state index in [-0.39, 0.29) is 11.5 Å². The third-order valence-corrected chi connectivity index (χ3v) is 4.60. The molecule has 1 saturated heterocycles. The summed E-state index contributed by atoms with van der Waals surface area (Å²) in [4.78, 5) is 33.3. The van der Waals surface area contributed by atoms with E-state index in [0.717, 1.165) is 11.3 Å². The number of pyridine rings is 2. The summed E-state index contributed by atoms with van der Waals surface area (Å²) in [6.07, 6.45) is 1.50. The molecule has 26 heavy (non-hydrogen) atoms. The zero-order valence-electron chi connectivity index (χ0n) is 14.8. The summed E-state index contributed by atoms with van der Waals surface area (Å²) >= 11 is 6.28. The molecule has 8 heteroatoms. The number of H-pyrrole nitrogens is 1. The predicted molar refractivity (Wildman–Crippen MR) is 99.8 cm³/mol. The molecule has 3 rings (SSSR count). The van der Waals surface area contributed by atoms with Gasteiger partial charge in [0.1, 0.15) is 5.82 Å². The van der Waals surface area contributed by atoms with E-state index in [4.69, 9.17) is 16.3 Å². The second-order valence-electron chi connectivity index (χ2n) is 6.26. The van der Waals surface area contributed by atoms with Crippen LogP contribution in [0.1, 0.15) is 27.2 Å². The minimum Gasteiger partial charge on any atom is -0.378 e. The first-order chi connectivity index (χ1) is 12.5. The van der Waals surface area contributed by atoms with Crippen LogP contribution in [0.5, 0.6) is 0 Å². The number of rotatable bonds is 4. The lowest BCUT2D eigenvalue weighted by atomic mass is 10.1. The van der Waals surface area contributed by atoms with Crippen LogP contribution in [0.3, 0.4) is 0 Å². The minimum atomic E-state index is -0.134. The van der Waals surface area contributed by atoms with Crippen LogP contribution in [-0.4, -0.2) is 47.1 Å². The van der Waals surface area contributed by atoms with Crippen LogP contribution in [0.4, 0.5) is 5.82 Å². The van der Waals surface area contributed by atoms with Gasteiger partial charge in [-0.1, -0.05) is 11.6 Å². The van der Waals surface area contributed by atoms with Crippen LogP contribution in [0, 0.1) is 13.8 Å². The molecule has 1 aliphatic rings. The van der Waals surface area contributed by atoms with Crippen molar-refractivity contribution in [3.05, 3.63) is 56.1 Å². The third-order valence-electron chi connectivity index (χ3n) is 4.31. The number of nitrogens with zero attached hydrogens (tertiary/aromatic N) is 2. The molecule has 2 N–H and O–H groups in total. The number of ether oxygens (including phenoxy) is 1. The molecule has 7 nitrogen and oxygen atoms in total. The minimum absolute atomic E-state index is 0.111. The van der Waals surface area contributed by atoms with E-state index < -0.39 is 0 Å². The molecule has 0 bridgehead atoms. The van der Waals surface area contributed by atoms with Crippen molar-refractivity contribution in [3.63, 3.8) is 0 Å². The van der Waals surface area contributed by atoms with Gasteiger partial charge in [0.05, 0.1) is 23.8 Å². The lowest BCUT2D eigenvalue weighted by molar-refractivity contribution is 0.0302. The van der Waals surface area contributed by atoms with Crippen molar-refractivity contribution in [2.45, 2.75) is 20.4 Å². The van der Waals surface area contributed by atoms with Gasteiger partial charge in [0, 0.05) is 37.1 Å². The quantitative estimate of drug-likeness (QED) is 0.853. The maximum Gasteiger partial charge on any atom is 0.255 e. The van der Waals surface area contributed by atoms with Crippen molar-refractivity contribution < 1.29 is 9.53 Å². The van der Waals surface area contributed by atoms with Crippen molar-refractivity contribution >= 4 is 23.3 Å². The maximum atomic E-state index is 12.5. The van der Waals surface area contributed by atoms with Gasteiger partial charge in [-0.15, -0.1) is 0 Å². The van der Waals surface area contributed by atoms with Crippen LogP contribution in [0.25, 0.3) is 0 Å². The Bertz CT molecular complexity index is 875. The molecular formula is C18H21ClN4O3. The van der Waals surface area contributed by atoms with Crippen LogP contribution in [-0.2, 0) is 11.3 Å². The molecule has 1 fully saturated rings. The number of aromatic nitrogens is 2. The first-order valence-corrected chi connectivity index (χ1v) is 8.79. The molecule has 1 aliphatic heterocycles. The summed E-state index contributed by atoms with van der Waals surface area (Å²) in [6, 6.07) is 3.51. The number of halogens is 1. The normalized spacial score (nSPS) is 14.3. The average molecular weight is 377 g/mol. The molecule has 1 amide bonds. The Balaban J connectivity index is 1.72. The lowest BCUT2D eigenvalue weighted by Gasteiger charge is -2.26. The summed E-state index contributed by atoms with van der Waals surface area (Å²) < 4.78 is 5.26. The smallest absolute Gasteiger partial charge is 0.255 e. The highest BCUT2D eigenvalue weighted by Gasteiger charge is 2.20. The third kappa shape index (κ3) is 4.05. The molecule has 0 spiro atoms. The Labute approximate surface area is 156 Å². The van der Waals surface area contributed by atoms with E-state index in [1.165, 1.54) is 6.20 Å². The molecule has 0 atom stereocenters. The van der Waals surface area contributed by atoms with E-state index in [1.54, 1.807) is 11.0 Å². The Morgan fingerprint density at radius 3 is 2.73 bits per heavy atom. The average Bonchev–Trinajstić information content (AvgIpc) is 2.62. The number of hydrogen-bond acceptors (Lipinski definition) is 5. The summed E-state index contributed by atoms with van der Waals surface area (Å²) in [5.74, 6) is 0.324. The van der Waals surface area contributed by atoms with E-state index in [0.29, 0.717) is 54.8 Å². The van der Waals surface area contributed by atoms with Gasteiger partial charge < -0.3 is 19.9 Å². The number of aromatic amines is 1. The molecule has 0 aromatic carbocycles. The lowest BCUT2D eigenvalue weighted by Crippen LogP contribution is -2.40. The molecule has 0 unspecified atom stereocenters. The van der Waals surface area contributed by atoms with Gasteiger partial charge in [-0.25, -0.2) is 4.98 Å². The van der Waals surface area contributed by atoms with Gasteiger partial charge >= 0.3 is 0 Å². The topological polar surface area (TPSA) is 87.3 Å². The van der Waals surface area contributed by atoms with Crippen molar-refractivity contribution in [1.29, 1.82) is 0 Å². The molecule has 0 saturated carbocycles. The molecular weight excluding hydrogens is 356 g/mol. The van der Waals surface area contributed by atoms with Crippen LogP contribution in [0.2, 0.25) is 5.02 Å². The van der Waals surface area contributed by atoms with E-state index in [2.05, 4.69) is 15.3 Å². The largest absolute Gasteiger partial charge is 0.378 e. The fourth-order valence-electron chi connectivity index (χ4n) is 2.91. The Hall–Kier alpha value is -2.38. The number of carbonyl (C=O) groups is 1. The van der Waals surface area contributed by atoms with E-state index in [9.17, 15) is 9.59 Å². The number of amides is 1. The van der Waals surface area contributed by atoms with E-state index >= 15 is 0 Å². The number of hydrogen-bond donors (Lipinski definition) is 2. The van der Waals surface area contributed by atoms with Crippen molar-refractivity contribution in [2.75, 3.05) is 31.6 Å². The predicted octanol–water partition coefficient (Wildman–Crippen LogP) is 2.12. The van der Waals surface area contributed by atoms with Gasteiger partial charge in [-0.2, -0.15) is 0 Å². The highest BCUT2D eigenvalue weighted by molar-refractivity contribution is 6.33. The molecule has 0 aliphatic carbocycles. The number of aryl methyl sites for hydroxylation is 2.